The van der Waals surface area contributed by atoms with Crippen molar-refractivity contribution >= 4 is 5.91 Å². The van der Waals surface area contributed by atoms with E-state index >= 15 is 0 Å². The van der Waals surface area contributed by atoms with Crippen molar-refractivity contribution in [3.63, 3.8) is 0 Å². The Morgan fingerprint density at radius 1 is 1.14 bits per heavy atom. The highest BCUT2D eigenvalue weighted by Crippen LogP contribution is 2.32. The summed E-state index contributed by atoms with van der Waals surface area (Å²) in [6.45, 7) is 7.09. The molecule has 28 heavy (non-hydrogen) atoms. The van der Waals surface area contributed by atoms with Crippen LogP contribution in [0.15, 0.2) is 27.5 Å². The second-order valence-electron chi connectivity index (χ2n) is 7.30. The molecule has 8 nitrogen and oxygen atoms in total. The first kappa shape index (κ1) is 18.3. The number of carbonyl (C=O) groups excluding carboxylic acids is 1. The molecule has 1 fully saturated rings. The minimum Gasteiger partial charge on any atom is -0.361 e. The molecule has 0 saturated carbocycles. The zero-order valence-corrected chi connectivity index (χ0v) is 16.3. The van der Waals surface area contributed by atoms with Gasteiger partial charge in [-0.15, -0.1) is 0 Å². The largest absolute Gasteiger partial charge is 0.361 e. The van der Waals surface area contributed by atoms with Crippen LogP contribution < -0.4 is 0 Å². The molecule has 0 unspecified atom stereocenters. The standard InChI is InChI=1S/C20H23N5O3/c1-12-17(24-28-23-12)11-19(26)25-8-5-15(6-9-25)18-10-16(4-7-21-18)20-13(2)22-27-14(20)3/h4,7,10,15H,5-6,8-9,11H2,1-3H3. The Morgan fingerprint density at radius 2 is 1.93 bits per heavy atom. The lowest BCUT2D eigenvalue weighted by molar-refractivity contribution is -0.131. The molecule has 0 N–H and O–H groups in total. The fourth-order valence-electron chi connectivity index (χ4n) is 3.81. The van der Waals surface area contributed by atoms with Crippen molar-refractivity contribution in [2.24, 2.45) is 0 Å². The zero-order valence-electron chi connectivity index (χ0n) is 16.3. The Balaban J connectivity index is 1.42. The van der Waals surface area contributed by atoms with Gasteiger partial charge in [-0.2, -0.15) is 0 Å². The van der Waals surface area contributed by atoms with Crippen LogP contribution in [-0.4, -0.2) is 44.4 Å². The first-order chi connectivity index (χ1) is 13.5. The van der Waals surface area contributed by atoms with E-state index in [2.05, 4.69) is 31.1 Å². The molecule has 1 amide bonds. The number of aromatic nitrogens is 4. The van der Waals surface area contributed by atoms with Gasteiger partial charge in [-0.25, -0.2) is 4.63 Å². The number of hydrogen-bond acceptors (Lipinski definition) is 7. The number of aryl methyl sites for hydroxylation is 3. The van der Waals surface area contributed by atoms with Crippen LogP contribution in [0.25, 0.3) is 11.1 Å². The number of amides is 1. The smallest absolute Gasteiger partial charge is 0.228 e. The fourth-order valence-corrected chi connectivity index (χ4v) is 3.81. The topological polar surface area (TPSA) is 98.2 Å². The van der Waals surface area contributed by atoms with Crippen LogP contribution in [0.1, 0.15) is 47.3 Å². The second kappa shape index (κ2) is 7.53. The average Bonchev–Trinajstić information content (AvgIpc) is 3.26. The quantitative estimate of drug-likeness (QED) is 0.685. The molecule has 0 atom stereocenters. The number of likely N-dealkylation sites (tertiary alicyclic amines) is 1. The van der Waals surface area contributed by atoms with Gasteiger partial charge in [-0.05, 0) is 51.3 Å². The van der Waals surface area contributed by atoms with E-state index in [4.69, 9.17) is 4.52 Å². The predicted molar refractivity (Wildman–Crippen MR) is 101 cm³/mol. The van der Waals surface area contributed by atoms with Gasteiger partial charge >= 0.3 is 0 Å². The summed E-state index contributed by atoms with van der Waals surface area (Å²) in [6.07, 6.45) is 3.86. The van der Waals surface area contributed by atoms with E-state index in [1.807, 2.05) is 31.0 Å². The van der Waals surface area contributed by atoms with Gasteiger partial charge in [0.05, 0.1) is 12.1 Å². The molecule has 0 aromatic carbocycles. The first-order valence-corrected chi connectivity index (χ1v) is 9.48. The molecule has 1 aliphatic heterocycles. The molecule has 0 spiro atoms. The molecule has 1 aliphatic rings. The molecular formula is C20H23N5O3. The van der Waals surface area contributed by atoms with Gasteiger partial charge in [0.1, 0.15) is 17.1 Å². The number of nitrogens with zero attached hydrogens (tertiary/aromatic N) is 5. The number of carbonyl (C=O) groups is 1. The molecular weight excluding hydrogens is 358 g/mol. The molecule has 0 radical (unpaired) electrons. The number of rotatable bonds is 4. The van der Waals surface area contributed by atoms with Crippen LogP contribution in [0, 0.1) is 20.8 Å². The van der Waals surface area contributed by atoms with Crippen LogP contribution in [0.3, 0.4) is 0 Å². The van der Waals surface area contributed by atoms with Crippen molar-refractivity contribution in [1.29, 1.82) is 0 Å². The van der Waals surface area contributed by atoms with Gasteiger partial charge in [0.2, 0.25) is 5.91 Å². The van der Waals surface area contributed by atoms with Gasteiger partial charge in [0.25, 0.3) is 0 Å². The Labute approximate surface area is 162 Å². The van der Waals surface area contributed by atoms with E-state index in [1.54, 1.807) is 6.92 Å². The molecule has 4 rings (SSSR count). The Kier molecular flexibility index (Phi) is 4.93. The molecule has 3 aromatic heterocycles. The van der Waals surface area contributed by atoms with Gasteiger partial charge in [-0.1, -0.05) is 15.5 Å². The van der Waals surface area contributed by atoms with E-state index in [9.17, 15) is 4.79 Å². The monoisotopic (exact) mass is 381 g/mol. The first-order valence-electron chi connectivity index (χ1n) is 9.48. The Bertz CT molecular complexity index is 966. The lowest BCUT2D eigenvalue weighted by Crippen LogP contribution is -2.39. The lowest BCUT2D eigenvalue weighted by atomic mass is 9.91. The van der Waals surface area contributed by atoms with Gasteiger partial charge < -0.3 is 9.42 Å². The van der Waals surface area contributed by atoms with Gasteiger partial charge in [0, 0.05) is 36.5 Å². The van der Waals surface area contributed by atoms with Gasteiger partial charge in [-0.3, -0.25) is 9.78 Å². The summed E-state index contributed by atoms with van der Waals surface area (Å²) in [5, 5.41) is 11.6. The molecule has 0 aliphatic carbocycles. The fraction of sp³-hybridized carbons (Fsp3) is 0.450. The van der Waals surface area contributed by atoms with E-state index in [0.29, 0.717) is 30.4 Å². The van der Waals surface area contributed by atoms with Crippen molar-refractivity contribution < 1.29 is 13.9 Å². The second-order valence-corrected chi connectivity index (χ2v) is 7.30. The summed E-state index contributed by atoms with van der Waals surface area (Å²) in [7, 11) is 0. The minimum atomic E-state index is 0.0645. The van der Waals surface area contributed by atoms with Crippen LogP contribution in [-0.2, 0) is 11.2 Å². The van der Waals surface area contributed by atoms with Crippen molar-refractivity contribution in [3.05, 3.63) is 46.9 Å². The maximum absolute atomic E-state index is 12.5. The third-order valence-electron chi connectivity index (χ3n) is 5.43. The predicted octanol–water partition coefficient (Wildman–Crippen LogP) is 2.99. The van der Waals surface area contributed by atoms with Crippen LogP contribution in [0.2, 0.25) is 0 Å². The van der Waals surface area contributed by atoms with E-state index in [-0.39, 0.29) is 12.3 Å². The Morgan fingerprint density at radius 3 is 2.57 bits per heavy atom. The Hall–Kier alpha value is -3.03. The van der Waals surface area contributed by atoms with Crippen molar-refractivity contribution in [2.45, 2.75) is 46.0 Å². The molecule has 0 bridgehead atoms. The highest BCUT2D eigenvalue weighted by Gasteiger charge is 2.26. The molecule has 1 saturated heterocycles. The van der Waals surface area contributed by atoms with E-state index < -0.39 is 0 Å². The number of pyridine rings is 1. The lowest BCUT2D eigenvalue weighted by Gasteiger charge is -2.31. The number of piperidine rings is 1. The highest BCUT2D eigenvalue weighted by molar-refractivity contribution is 5.78. The molecule has 4 heterocycles. The van der Waals surface area contributed by atoms with Crippen molar-refractivity contribution in [2.75, 3.05) is 13.1 Å². The molecule has 146 valence electrons. The van der Waals surface area contributed by atoms with Gasteiger partial charge in [0.15, 0.2) is 0 Å². The van der Waals surface area contributed by atoms with Crippen LogP contribution >= 0.6 is 0 Å². The summed E-state index contributed by atoms with van der Waals surface area (Å²) in [5.74, 6) is 1.21. The highest BCUT2D eigenvalue weighted by atomic mass is 16.6. The van der Waals surface area contributed by atoms with Crippen LogP contribution in [0.5, 0.6) is 0 Å². The average molecular weight is 381 g/mol. The summed E-state index contributed by atoms with van der Waals surface area (Å²) in [5.41, 5.74) is 5.33. The maximum Gasteiger partial charge on any atom is 0.228 e. The van der Waals surface area contributed by atoms with E-state index in [1.165, 1.54) is 0 Å². The third-order valence-corrected chi connectivity index (χ3v) is 5.43. The third kappa shape index (κ3) is 3.54. The summed E-state index contributed by atoms with van der Waals surface area (Å²) in [4.78, 5) is 19.0. The van der Waals surface area contributed by atoms with Crippen molar-refractivity contribution in [3.8, 4) is 11.1 Å². The summed E-state index contributed by atoms with van der Waals surface area (Å²) >= 11 is 0. The molecule has 3 aromatic rings. The summed E-state index contributed by atoms with van der Waals surface area (Å²) < 4.78 is 9.97. The zero-order chi connectivity index (χ0) is 19.7. The normalized spacial score (nSPS) is 15.2. The summed E-state index contributed by atoms with van der Waals surface area (Å²) in [6, 6.07) is 4.11. The van der Waals surface area contributed by atoms with E-state index in [0.717, 1.165) is 41.1 Å². The van der Waals surface area contributed by atoms with Crippen LogP contribution in [0.4, 0.5) is 0 Å². The molecule has 8 heteroatoms. The number of hydrogen-bond donors (Lipinski definition) is 0. The maximum atomic E-state index is 12.5. The minimum absolute atomic E-state index is 0.0645. The van der Waals surface area contributed by atoms with Crippen molar-refractivity contribution in [1.82, 2.24) is 25.4 Å². The SMILES string of the molecule is Cc1nonc1CC(=O)N1CCC(c2cc(-c3c(C)noc3C)ccn2)CC1.